The molecule has 0 spiro atoms. The molecule has 0 atom stereocenters. The van der Waals surface area contributed by atoms with E-state index in [1.54, 1.807) is 4.72 Å². The fourth-order valence-corrected chi connectivity index (χ4v) is 3.91. The van der Waals surface area contributed by atoms with Gasteiger partial charge in [0.05, 0.1) is 11.8 Å². The van der Waals surface area contributed by atoms with E-state index in [-0.39, 0.29) is 13.1 Å². The number of hydrogen-bond acceptors (Lipinski definition) is 6. The Kier molecular flexibility index (Phi) is 7.38. The highest BCUT2D eigenvalue weighted by Crippen LogP contribution is 2.37. The second kappa shape index (κ2) is 9.66. The predicted octanol–water partition coefficient (Wildman–Crippen LogP) is 4.06. The van der Waals surface area contributed by atoms with Crippen molar-refractivity contribution < 1.29 is 53.4 Å². The number of amides is 1. The van der Waals surface area contributed by atoms with Gasteiger partial charge in [-0.05, 0) is 12.5 Å². The van der Waals surface area contributed by atoms with Crippen LogP contribution in [0.3, 0.4) is 0 Å². The van der Waals surface area contributed by atoms with Crippen molar-refractivity contribution in [3.63, 3.8) is 0 Å². The van der Waals surface area contributed by atoms with Crippen LogP contribution in [0.25, 0.3) is 0 Å². The molecule has 1 aliphatic rings. The van der Waals surface area contributed by atoms with E-state index in [2.05, 4.69) is 9.72 Å². The van der Waals surface area contributed by atoms with Gasteiger partial charge in [0.2, 0.25) is 5.88 Å². The minimum atomic E-state index is -5.87. The number of halogens is 8. The summed E-state index contributed by atoms with van der Waals surface area (Å²) in [7, 11) is -4.22. The summed E-state index contributed by atoms with van der Waals surface area (Å²) >= 11 is 5.71. The van der Waals surface area contributed by atoms with Crippen molar-refractivity contribution in [2.24, 2.45) is 0 Å². The van der Waals surface area contributed by atoms with E-state index in [0.717, 1.165) is 10.4 Å². The number of rotatable bonds is 8. The minimum Gasteiger partial charge on any atom is -0.470 e. The quantitative estimate of drug-likeness (QED) is 0.497. The van der Waals surface area contributed by atoms with Gasteiger partial charge < -0.3 is 9.47 Å². The summed E-state index contributed by atoms with van der Waals surface area (Å²) in [6, 6.07) is 1.60. The summed E-state index contributed by atoms with van der Waals surface area (Å²) in [5.74, 6) is -11.3. The molecule has 8 nitrogen and oxygen atoms in total. The molecular weight excluding hydrogens is 539 g/mol. The van der Waals surface area contributed by atoms with Gasteiger partial charge in [-0.25, -0.2) is 18.5 Å². The molecule has 1 saturated heterocycles. The molecule has 0 saturated carbocycles. The number of aromatic nitrogens is 1. The number of carbonyl (C=O) groups is 1. The normalized spacial score (nSPS) is 14.9. The van der Waals surface area contributed by atoms with E-state index in [0.29, 0.717) is 24.8 Å². The molecule has 0 radical (unpaired) electrons. The molecule has 1 N–H and O–H groups in total. The van der Waals surface area contributed by atoms with E-state index in [9.17, 15) is 43.9 Å². The van der Waals surface area contributed by atoms with Crippen LogP contribution in [0, 0.1) is 11.6 Å². The van der Waals surface area contributed by atoms with Crippen LogP contribution >= 0.6 is 11.6 Å². The molecule has 192 valence electrons. The summed E-state index contributed by atoms with van der Waals surface area (Å²) in [5, 5.41) is -0.589. The monoisotopic (exact) mass is 551 g/mol. The van der Waals surface area contributed by atoms with Crippen LogP contribution in [0.1, 0.15) is 16.8 Å². The number of nitrogens with zero attached hydrogens (tertiary/aromatic N) is 2. The van der Waals surface area contributed by atoms with E-state index < -0.39 is 74.4 Å². The molecule has 35 heavy (non-hydrogen) atoms. The fourth-order valence-electron chi connectivity index (χ4n) is 2.48. The summed E-state index contributed by atoms with van der Waals surface area (Å²) in [5.41, 5.74) is -0.940. The molecular formula is C18H13ClF7N3O5S. The standard InChI is InChI=1S/C18H13ClF7N3O5S/c19-11-4-9(7-27-16(11)33-8-17(22,23)18(24,25)26)34-14-6-12(20)10(5-13(14)21)15(30)28-35(31,32)29-2-1-3-29/h4-7H,1-3,8H2,(H,28,30). The number of alkyl halides is 5. The lowest BCUT2D eigenvalue weighted by atomic mass is 10.2. The van der Waals surface area contributed by atoms with Crippen molar-refractivity contribution >= 4 is 27.7 Å². The highest BCUT2D eigenvalue weighted by atomic mass is 35.5. The number of ether oxygens (including phenoxy) is 2. The Balaban J connectivity index is 1.72. The van der Waals surface area contributed by atoms with Crippen LogP contribution in [-0.2, 0) is 10.2 Å². The number of carbonyl (C=O) groups excluding carboxylic acids is 1. The number of nitrogens with one attached hydrogen (secondary N) is 1. The predicted molar refractivity (Wildman–Crippen MR) is 105 cm³/mol. The first-order chi connectivity index (χ1) is 16.1. The molecule has 17 heteroatoms. The molecule has 3 rings (SSSR count). The van der Waals surface area contributed by atoms with Crippen molar-refractivity contribution in [3.8, 4) is 17.4 Å². The number of benzene rings is 1. The van der Waals surface area contributed by atoms with E-state index in [1.807, 2.05) is 0 Å². The van der Waals surface area contributed by atoms with Crippen molar-refractivity contribution in [2.45, 2.75) is 18.5 Å². The molecule has 1 fully saturated rings. The Morgan fingerprint density at radius 3 is 2.31 bits per heavy atom. The highest BCUT2D eigenvalue weighted by molar-refractivity contribution is 7.87. The van der Waals surface area contributed by atoms with Crippen molar-refractivity contribution in [3.05, 3.63) is 46.6 Å². The second-order valence-corrected chi connectivity index (χ2v) is 9.08. The Bertz CT molecular complexity index is 1240. The third-order valence-electron chi connectivity index (χ3n) is 4.46. The molecule has 1 aliphatic heterocycles. The topological polar surface area (TPSA) is 97.8 Å². The van der Waals surface area contributed by atoms with Gasteiger partial charge in [0.1, 0.15) is 16.6 Å². The van der Waals surface area contributed by atoms with Crippen molar-refractivity contribution in [2.75, 3.05) is 19.7 Å². The lowest BCUT2D eigenvalue weighted by Crippen LogP contribution is -2.49. The maximum Gasteiger partial charge on any atom is 0.456 e. The molecule has 2 aromatic rings. The highest BCUT2D eigenvalue weighted by Gasteiger charge is 2.58. The second-order valence-electron chi connectivity index (χ2n) is 7.00. The number of hydrogen-bond donors (Lipinski definition) is 1. The van der Waals surface area contributed by atoms with E-state index in [4.69, 9.17) is 16.3 Å². The maximum absolute atomic E-state index is 14.4. The Morgan fingerprint density at radius 1 is 1.11 bits per heavy atom. The van der Waals surface area contributed by atoms with Crippen LogP contribution < -0.4 is 14.2 Å². The van der Waals surface area contributed by atoms with Gasteiger partial charge in [-0.15, -0.1) is 0 Å². The number of pyridine rings is 1. The van der Waals surface area contributed by atoms with Gasteiger partial charge in [-0.3, -0.25) is 4.79 Å². The SMILES string of the molecule is O=C(NS(=O)(=O)N1CCC1)c1cc(F)c(Oc2cnc(OCC(F)(F)C(F)(F)F)c(Cl)c2)cc1F. The molecule has 1 aromatic carbocycles. The van der Waals surface area contributed by atoms with Crippen molar-refractivity contribution in [1.29, 1.82) is 0 Å². The molecule has 1 aromatic heterocycles. The van der Waals surface area contributed by atoms with Gasteiger partial charge >= 0.3 is 22.3 Å². The van der Waals surface area contributed by atoms with Gasteiger partial charge in [-0.1, -0.05) is 11.6 Å². The average molecular weight is 552 g/mol. The third kappa shape index (κ3) is 6.05. The lowest BCUT2D eigenvalue weighted by molar-refractivity contribution is -0.290. The first-order valence-corrected chi connectivity index (χ1v) is 11.1. The maximum atomic E-state index is 14.4. The Labute approximate surface area is 197 Å². The zero-order valence-corrected chi connectivity index (χ0v) is 18.6. The largest absolute Gasteiger partial charge is 0.470 e. The molecule has 0 aliphatic carbocycles. The van der Waals surface area contributed by atoms with E-state index >= 15 is 0 Å². The van der Waals surface area contributed by atoms with Gasteiger partial charge in [0.25, 0.3) is 5.91 Å². The summed E-state index contributed by atoms with van der Waals surface area (Å²) in [6.45, 7) is -1.78. The van der Waals surface area contributed by atoms with Crippen LogP contribution in [-0.4, -0.2) is 55.4 Å². The molecule has 2 heterocycles. The van der Waals surface area contributed by atoms with Gasteiger partial charge in [-0.2, -0.15) is 34.7 Å². The molecule has 0 bridgehead atoms. The van der Waals surface area contributed by atoms with Crippen LogP contribution in [0.5, 0.6) is 17.4 Å². The molecule has 1 amide bonds. The first kappa shape index (κ1) is 26.7. The minimum absolute atomic E-state index is 0.164. The zero-order chi connectivity index (χ0) is 26.2. The summed E-state index contributed by atoms with van der Waals surface area (Å²) in [4.78, 5) is 15.5. The lowest BCUT2D eigenvalue weighted by Gasteiger charge is -2.29. The third-order valence-corrected chi connectivity index (χ3v) is 6.22. The van der Waals surface area contributed by atoms with Gasteiger partial charge in [0.15, 0.2) is 18.2 Å². The Hall–Kier alpha value is -2.85. The zero-order valence-electron chi connectivity index (χ0n) is 17.0. The van der Waals surface area contributed by atoms with Gasteiger partial charge in [0, 0.05) is 25.2 Å². The van der Waals surface area contributed by atoms with Crippen LogP contribution in [0.4, 0.5) is 30.7 Å². The summed E-state index contributed by atoms with van der Waals surface area (Å²) in [6.07, 6.45) is -4.58. The average Bonchev–Trinajstić information content (AvgIpc) is 2.66. The van der Waals surface area contributed by atoms with Crippen LogP contribution in [0.15, 0.2) is 24.4 Å². The van der Waals surface area contributed by atoms with E-state index in [1.165, 1.54) is 0 Å². The fraction of sp³-hybridized carbons (Fsp3) is 0.333. The molecule has 0 unspecified atom stereocenters. The Morgan fingerprint density at radius 2 is 1.77 bits per heavy atom. The van der Waals surface area contributed by atoms with Crippen molar-refractivity contribution in [1.82, 2.24) is 14.0 Å². The smallest absolute Gasteiger partial charge is 0.456 e. The summed E-state index contributed by atoms with van der Waals surface area (Å²) < 4.78 is 127. The van der Waals surface area contributed by atoms with Crippen LogP contribution in [0.2, 0.25) is 5.02 Å². The first-order valence-electron chi connectivity index (χ1n) is 9.33.